The Bertz CT molecular complexity index is 817. The van der Waals surface area contributed by atoms with Crippen molar-refractivity contribution in [2.24, 2.45) is 13.0 Å². The molecule has 1 saturated carbocycles. The number of rotatable bonds is 7. The van der Waals surface area contributed by atoms with Crippen molar-refractivity contribution in [2.75, 3.05) is 13.7 Å². The van der Waals surface area contributed by atoms with Crippen LogP contribution in [-0.2, 0) is 18.4 Å². The summed E-state index contributed by atoms with van der Waals surface area (Å²) in [5, 5.41) is 7.35. The number of carbonyl (C=O) groups excluding carboxylic acids is 1. The maximum Gasteiger partial charge on any atom is 0.345 e. The van der Waals surface area contributed by atoms with Gasteiger partial charge in [-0.2, -0.15) is 0 Å². The molecule has 1 aromatic heterocycles. The van der Waals surface area contributed by atoms with Gasteiger partial charge in [0.2, 0.25) is 5.91 Å². The highest BCUT2D eigenvalue weighted by Crippen LogP contribution is 2.26. The number of methoxy groups -OCH3 is 1. The molecule has 1 aliphatic carbocycles. The number of nitrogens with zero attached hydrogens (tertiary/aromatic N) is 3. The summed E-state index contributed by atoms with van der Waals surface area (Å²) in [6.45, 7) is 0.768. The number of hydrogen-bond acceptors (Lipinski definition) is 4. The lowest BCUT2D eigenvalue weighted by Crippen LogP contribution is -2.32. The van der Waals surface area contributed by atoms with Gasteiger partial charge in [-0.15, -0.1) is 5.10 Å². The van der Waals surface area contributed by atoms with Crippen LogP contribution in [0.4, 0.5) is 0 Å². The van der Waals surface area contributed by atoms with Crippen LogP contribution in [0, 0.1) is 5.92 Å². The van der Waals surface area contributed by atoms with Crippen LogP contribution >= 0.6 is 0 Å². The zero-order valence-electron chi connectivity index (χ0n) is 16.1. The molecule has 1 heterocycles. The van der Waals surface area contributed by atoms with Crippen molar-refractivity contribution in [1.82, 2.24) is 19.7 Å². The van der Waals surface area contributed by atoms with E-state index < -0.39 is 0 Å². The minimum absolute atomic E-state index is 0.0706. The largest absolute Gasteiger partial charge is 0.497 e. The number of carbonyl (C=O) groups is 1. The highest BCUT2D eigenvalue weighted by molar-refractivity contribution is 5.76. The molecular formula is C20H28N4O3. The lowest BCUT2D eigenvalue weighted by atomic mass is 9.87. The Hall–Kier alpha value is -2.57. The summed E-state index contributed by atoms with van der Waals surface area (Å²) in [6.07, 6.45) is 6.65. The molecule has 27 heavy (non-hydrogen) atoms. The maximum atomic E-state index is 12.4. The van der Waals surface area contributed by atoms with Crippen molar-refractivity contribution in [2.45, 2.75) is 45.1 Å². The number of benzene rings is 1. The third-order valence-corrected chi connectivity index (χ3v) is 5.23. The van der Waals surface area contributed by atoms with Crippen LogP contribution in [0.15, 0.2) is 29.1 Å². The predicted molar refractivity (Wildman–Crippen MR) is 104 cm³/mol. The van der Waals surface area contributed by atoms with Crippen LogP contribution in [0.5, 0.6) is 5.75 Å². The molecule has 3 rings (SSSR count). The first-order valence-electron chi connectivity index (χ1n) is 9.63. The topological polar surface area (TPSA) is 78.2 Å². The molecule has 1 N–H and O–H groups in total. The summed E-state index contributed by atoms with van der Waals surface area (Å²) in [7, 11) is 3.31. The van der Waals surface area contributed by atoms with E-state index in [4.69, 9.17) is 4.74 Å². The average Bonchev–Trinajstić information content (AvgIpc) is 2.97. The van der Waals surface area contributed by atoms with Crippen molar-refractivity contribution < 1.29 is 9.53 Å². The van der Waals surface area contributed by atoms with Gasteiger partial charge in [0.15, 0.2) is 5.82 Å². The normalized spacial score (nSPS) is 14.9. The maximum absolute atomic E-state index is 12.4. The second kappa shape index (κ2) is 8.88. The van der Waals surface area contributed by atoms with Gasteiger partial charge in [0.05, 0.1) is 13.7 Å². The molecule has 146 valence electrons. The Balaban J connectivity index is 1.57. The first kappa shape index (κ1) is 19.2. The molecular weight excluding hydrogens is 344 g/mol. The van der Waals surface area contributed by atoms with E-state index >= 15 is 0 Å². The average molecular weight is 372 g/mol. The summed E-state index contributed by atoms with van der Waals surface area (Å²) in [5.74, 6) is 1.93. The van der Waals surface area contributed by atoms with E-state index in [0.717, 1.165) is 24.2 Å². The molecule has 1 fully saturated rings. The van der Waals surface area contributed by atoms with Gasteiger partial charge in [0.25, 0.3) is 0 Å². The highest BCUT2D eigenvalue weighted by atomic mass is 16.5. The Morgan fingerprint density at radius 3 is 2.59 bits per heavy atom. The lowest BCUT2D eigenvalue weighted by molar-refractivity contribution is -0.122. The minimum Gasteiger partial charge on any atom is -0.497 e. The Kier molecular flexibility index (Phi) is 6.32. The van der Waals surface area contributed by atoms with Gasteiger partial charge in [-0.25, -0.2) is 9.48 Å². The minimum atomic E-state index is -0.192. The number of amides is 1. The summed E-state index contributed by atoms with van der Waals surface area (Å²) in [6, 6.07) is 7.42. The van der Waals surface area contributed by atoms with Crippen molar-refractivity contribution in [3.8, 4) is 17.1 Å². The predicted octanol–water partition coefficient (Wildman–Crippen LogP) is 2.34. The highest BCUT2D eigenvalue weighted by Gasteiger charge is 2.17. The SMILES string of the molecule is COc1ccc(-c2nn(CCNC(=O)CC3CCCCC3)c(=O)n2C)cc1. The molecule has 0 spiro atoms. The summed E-state index contributed by atoms with van der Waals surface area (Å²) < 4.78 is 8.08. The Morgan fingerprint density at radius 2 is 1.93 bits per heavy atom. The number of nitrogens with one attached hydrogen (secondary N) is 1. The van der Waals surface area contributed by atoms with Crippen LogP contribution in [-0.4, -0.2) is 33.9 Å². The van der Waals surface area contributed by atoms with Gasteiger partial charge in [-0.3, -0.25) is 9.36 Å². The van der Waals surface area contributed by atoms with Gasteiger partial charge in [0.1, 0.15) is 5.75 Å². The fourth-order valence-electron chi connectivity index (χ4n) is 3.65. The number of ether oxygens (including phenoxy) is 1. The van der Waals surface area contributed by atoms with E-state index in [2.05, 4.69) is 10.4 Å². The van der Waals surface area contributed by atoms with E-state index in [1.54, 1.807) is 14.2 Å². The summed E-state index contributed by atoms with van der Waals surface area (Å²) >= 11 is 0. The number of aromatic nitrogens is 3. The molecule has 2 aromatic rings. The fourth-order valence-corrected chi connectivity index (χ4v) is 3.65. The van der Waals surface area contributed by atoms with Gasteiger partial charge in [-0.05, 0) is 43.0 Å². The third kappa shape index (κ3) is 4.78. The van der Waals surface area contributed by atoms with E-state index in [1.165, 1.54) is 28.5 Å². The first-order valence-corrected chi connectivity index (χ1v) is 9.63. The molecule has 0 aliphatic heterocycles. The smallest absolute Gasteiger partial charge is 0.345 e. The van der Waals surface area contributed by atoms with Gasteiger partial charge in [-0.1, -0.05) is 19.3 Å². The van der Waals surface area contributed by atoms with Crippen molar-refractivity contribution in [3.63, 3.8) is 0 Å². The molecule has 1 aromatic carbocycles. The van der Waals surface area contributed by atoms with E-state index in [-0.39, 0.29) is 11.6 Å². The van der Waals surface area contributed by atoms with Gasteiger partial charge >= 0.3 is 5.69 Å². The molecule has 1 amide bonds. The van der Waals surface area contributed by atoms with Crippen LogP contribution < -0.4 is 15.7 Å². The monoisotopic (exact) mass is 372 g/mol. The third-order valence-electron chi connectivity index (χ3n) is 5.23. The Morgan fingerprint density at radius 1 is 1.22 bits per heavy atom. The number of hydrogen-bond donors (Lipinski definition) is 1. The quantitative estimate of drug-likeness (QED) is 0.809. The first-order chi connectivity index (χ1) is 13.1. The second-order valence-electron chi connectivity index (χ2n) is 7.17. The molecule has 0 atom stereocenters. The second-order valence-corrected chi connectivity index (χ2v) is 7.17. The van der Waals surface area contributed by atoms with Gasteiger partial charge in [0, 0.05) is 25.6 Å². The zero-order valence-corrected chi connectivity index (χ0v) is 16.1. The van der Waals surface area contributed by atoms with Crippen molar-refractivity contribution in [3.05, 3.63) is 34.7 Å². The Labute approximate surface area is 159 Å². The fraction of sp³-hybridized carbons (Fsp3) is 0.550. The van der Waals surface area contributed by atoms with E-state index in [9.17, 15) is 9.59 Å². The lowest BCUT2D eigenvalue weighted by Gasteiger charge is -2.20. The van der Waals surface area contributed by atoms with Gasteiger partial charge < -0.3 is 10.1 Å². The summed E-state index contributed by atoms with van der Waals surface area (Å²) in [5.41, 5.74) is 0.651. The van der Waals surface area contributed by atoms with Crippen molar-refractivity contribution >= 4 is 5.91 Å². The van der Waals surface area contributed by atoms with Crippen LogP contribution in [0.1, 0.15) is 38.5 Å². The summed E-state index contributed by atoms with van der Waals surface area (Å²) in [4.78, 5) is 24.5. The molecule has 0 bridgehead atoms. The van der Waals surface area contributed by atoms with Crippen molar-refractivity contribution in [1.29, 1.82) is 0 Å². The molecule has 7 heteroatoms. The van der Waals surface area contributed by atoms with Crippen LogP contribution in [0.2, 0.25) is 0 Å². The molecule has 0 saturated heterocycles. The standard InChI is InChI=1S/C20H28N4O3/c1-23-19(16-8-10-17(27-2)11-9-16)22-24(20(23)26)13-12-21-18(25)14-15-6-4-3-5-7-15/h8-11,15H,3-7,12-14H2,1-2H3,(H,21,25). The zero-order chi connectivity index (χ0) is 19.2. The molecule has 7 nitrogen and oxygen atoms in total. The van der Waals surface area contributed by atoms with E-state index in [0.29, 0.717) is 31.3 Å². The molecule has 0 radical (unpaired) electrons. The molecule has 0 unspecified atom stereocenters. The van der Waals surface area contributed by atoms with Crippen LogP contribution in [0.25, 0.3) is 11.4 Å². The van der Waals surface area contributed by atoms with Crippen LogP contribution in [0.3, 0.4) is 0 Å². The van der Waals surface area contributed by atoms with E-state index in [1.807, 2.05) is 24.3 Å². The molecule has 1 aliphatic rings.